The minimum absolute atomic E-state index is 0.238. The van der Waals surface area contributed by atoms with Crippen molar-refractivity contribution >= 4 is 43.8 Å². The van der Waals surface area contributed by atoms with Crippen molar-refractivity contribution in [3.8, 4) is 16.9 Å². The van der Waals surface area contributed by atoms with Gasteiger partial charge in [-0.1, -0.05) is 54.6 Å². The van der Waals surface area contributed by atoms with E-state index >= 15 is 0 Å². The Morgan fingerprint density at radius 1 is 0.600 bits per heavy atom. The third-order valence-corrected chi connectivity index (χ3v) is 7.37. The average Bonchev–Trinajstić information content (AvgIpc) is 3.44. The van der Waals surface area contributed by atoms with E-state index in [1.165, 1.54) is 10.9 Å². The van der Waals surface area contributed by atoms with Crippen LogP contribution in [0.2, 0.25) is 0 Å². The van der Waals surface area contributed by atoms with Gasteiger partial charge in [-0.3, -0.25) is 0 Å². The highest BCUT2D eigenvalue weighted by Crippen LogP contribution is 2.44. The lowest BCUT2D eigenvalue weighted by molar-refractivity contribution is 0.549. The molecule has 0 amide bonds. The number of para-hydroxylation sites is 3. The summed E-state index contributed by atoms with van der Waals surface area (Å²) in [5, 5.41) is 4.38. The zero-order valence-electron chi connectivity index (χ0n) is 18.7. The van der Waals surface area contributed by atoms with E-state index in [2.05, 4.69) is 53.1 Å². The molecule has 4 heteroatoms. The van der Waals surface area contributed by atoms with Crippen LogP contribution in [0.4, 0.5) is 0 Å². The van der Waals surface area contributed by atoms with Crippen LogP contribution in [0.5, 0.6) is 0 Å². The van der Waals surface area contributed by atoms with Crippen LogP contribution < -0.4 is 5.63 Å². The van der Waals surface area contributed by atoms with Crippen molar-refractivity contribution < 1.29 is 8.83 Å². The summed E-state index contributed by atoms with van der Waals surface area (Å²) >= 11 is 0. The van der Waals surface area contributed by atoms with Crippen LogP contribution in [0.15, 0.2) is 105 Å². The summed E-state index contributed by atoms with van der Waals surface area (Å²) in [6, 6.07) is 30.9. The maximum Gasteiger partial charge on any atom is 0.340 e. The molecule has 3 heterocycles. The van der Waals surface area contributed by atoms with Crippen LogP contribution in [-0.4, -0.2) is 4.57 Å². The minimum Gasteiger partial charge on any atom is -0.456 e. The molecule has 8 rings (SSSR count). The van der Waals surface area contributed by atoms with Crippen LogP contribution in [0, 0.1) is 0 Å². The Balaban J connectivity index is 1.54. The Morgan fingerprint density at radius 2 is 1.26 bits per heavy atom. The number of benzene rings is 4. The number of hydrogen-bond acceptors (Lipinski definition) is 3. The molecule has 0 N–H and O–H groups in total. The van der Waals surface area contributed by atoms with Gasteiger partial charge in [0.05, 0.1) is 11.2 Å². The fourth-order valence-corrected chi connectivity index (χ4v) is 5.88. The molecule has 0 fully saturated rings. The normalized spacial score (nSPS) is 13.0. The van der Waals surface area contributed by atoms with E-state index in [4.69, 9.17) is 8.83 Å². The zero-order valence-corrected chi connectivity index (χ0v) is 18.7. The summed E-state index contributed by atoms with van der Waals surface area (Å²) in [6.45, 7) is 0. The smallest absolute Gasteiger partial charge is 0.340 e. The number of nitrogens with zero attached hydrogens (tertiary/aromatic N) is 1. The Hall–Kier alpha value is -4.57. The Kier molecular flexibility index (Phi) is 3.62. The van der Waals surface area contributed by atoms with Crippen LogP contribution in [0.25, 0.3) is 60.8 Å². The number of hydrogen-bond donors (Lipinski definition) is 0. The van der Waals surface area contributed by atoms with Crippen molar-refractivity contribution in [1.82, 2.24) is 4.57 Å². The number of aromatic nitrogens is 1. The molecule has 1 aliphatic carbocycles. The number of furan rings is 1. The van der Waals surface area contributed by atoms with E-state index < -0.39 is 0 Å². The molecule has 35 heavy (non-hydrogen) atoms. The van der Waals surface area contributed by atoms with E-state index in [-0.39, 0.29) is 5.63 Å². The van der Waals surface area contributed by atoms with Gasteiger partial charge < -0.3 is 13.4 Å². The SMILES string of the molecule is O=c1oc2ccccc2c2c1CCc1c-2n(-c2ccc3oc4ccccc4c3c2)c2ccccc12. The van der Waals surface area contributed by atoms with E-state index in [0.717, 1.165) is 61.8 Å². The van der Waals surface area contributed by atoms with Gasteiger partial charge in [0.25, 0.3) is 0 Å². The number of fused-ring (bicyclic) bond motifs is 10. The monoisotopic (exact) mass is 453 g/mol. The first kappa shape index (κ1) is 18.8. The van der Waals surface area contributed by atoms with Gasteiger partial charge in [0.1, 0.15) is 16.7 Å². The number of aryl methyl sites for hydroxylation is 1. The molecule has 1 aliphatic rings. The first-order valence-electron chi connectivity index (χ1n) is 11.9. The van der Waals surface area contributed by atoms with Gasteiger partial charge in [0.2, 0.25) is 0 Å². The lowest BCUT2D eigenvalue weighted by Crippen LogP contribution is -2.16. The van der Waals surface area contributed by atoms with Crippen molar-refractivity contribution in [2.24, 2.45) is 0 Å². The van der Waals surface area contributed by atoms with Crippen LogP contribution in [-0.2, 0) is 12.8 Å². The third kappa shape index (κ3) is 2.48. The molecule has 0 bridgehead atoms. The highest BCUT2D eigenvalue weighted by molar-refractivity contribution is 6.07. The molecule has 0 aliphatic heterocycles. The molecule has 166 valence electrons. The highest BCUT2D eigenvalue weighted by Gasteiger charge is 2.29. The molecule has 0 unspecified atom stereocenters. The Bertz CT molecular complexity index is 2040. The molecule has 3 aromatic heterocycles. The summed E-state index contributed by atoms with van der Waals surface area (Å²) in [6.07, 6.45) is 1.48. The van der Waals surface area contributed by atoms with Crippen molar-refractivity contribution in [1.29, 1.82) is 0 Å². The van der Waals surface area contributed by atoms with Crippen molar-refractivity contribution in [2.75, 3.05) is 0 Å². The van der Waals surface area contributed by atoms with Crippen molar-refractivity contribution in [3.63, 3.8) is 0 Å². The molecular weight excluding hydrogens is 434 g/mol. The Morgan fingerprint density at radius 3 is 2.11 bits per heavy atom. The molecule has 0 saturated carbocycles. The van der Waals surface area contributed by atoms with E-state index in [0.29, 0.717) is 12.0 Å². The minimum atomic E-state index is -0.238. The fourth-order valence-electron chi connectivity index (χ4n) is 5.88. The lowest BCUT2D eigenvalue weighted by Gasteiger charge is -2.21. The van der Waals surface area contributed by atoms with Crippen molar-refractivity contribution in [3.05, 3.63) is 113 Å². The molecule has 0 atom stereocenters. The molecule has 4 aromatic carbocycles. The maximum absolute atomic E-state index is 13.0. The molecule has 0 saturated heterocycles. The highest BCUT2D eigenvalue weighted by atomic mass is 16.4. The lowest BCUT2D eigenvalue weighted by atomic mass is 9.88. The van der Waals surface area contributed by atoms with Crippen LogP contribution >= 0.6 is 0 Å². The second kappa shape index (κ2) is 6.73. The van der Waals surface area contributed by atoms with Gasteiger partial charge in [-0.2, -0.15) is 0 Å². The summed E-state index contributed by atoms with van der Waals surface area (Å²) in [5.74, 6) is 0. The molecule has 0 spiro atoms. The van der Waals surface area contributed by atoms with Gasteiger partial charge in [-0.25, -0.2) is 4.79 Å². The Labute approximate surface area is 199 Å². The fraction of sp³-hybridized carbons (Fsp3) is 0.0645. The van der Waals surface area contributed by atoms with E-state index in [9.17, 15) is 4.79 Å². The zero-order chi connectivity index (χ0) is 23.1. The second-order valence-corrected chi connectivity index (χ2v) is 9.20. The standard InChI is InChI=1S/C31H19NO3/c33-31-23-15-14-21-19-7-1-4-10-25(19)32(30(21)29(23)22-9-3-6-12-27(22)35-31)18-13-16-28-24(17-18)20-8-2-5-11-26(20)34-28/h1-13,16-17H,14-15H2. The van der Waals surface area contributed by atoms with Crippen LogP contribution in [0.1, 0.15) is 11.1 Å². The summed E-state index contributed by atoms with van der Waals surface area (Å²) in [7, 11) is 0. The predicted molar refractivity (Wildman–Crippen MR) is 139 cm³/mol. The first-order chi connectivity index (χ1) is 17.3. The molecular formula is C31H19NO3. The molecule has 4 nitrogen and oxygen atoms in total. The van der Waals surface area contributed by atoms with Gasteiger partial charge in [0, 0.05) is 38.4 Å². The van der Waals surface area contributed by atoms with Crippen LogP contribution in [0.3, 0.4) is 0 Å². The summed E-state index contributed by atoms with van der Waals surface area (Å²) in [5.41, 5.74) is 8.43. The topological polar surface area (TPSA) is 48.3 Å². The summed E-state index contributed by atoms with van der Waals surface area (Å²) in [4.78, 5) is 13.0. The van der Waals surface area contributed by atoms with Gasteiger partial charge >= 0.3 is 5.63 Å². The maximum atomic E-state index is 13.0. The van der Waals surface area contributed by atoms with Gasteiger partial charge in [0.15, 0.2) is 0 Å². The largest absolute Gasteiger partial charge is 0.456 e. The third-order valence-electron chi connectivity index (χ3n) is 7.37. The van der Waals surface area contributed by atoms with E-state index in [1.807, 2.05) is 42.5 Å². The molecule has 0 radical (unpaired) electrons. The second-order valence-electron chi connectivity index (χ2n) is 9.20. The predicted octanol–water partition coefficient (Wildman–Crippen LogP) is 7.40. The van der Waals surface area contributed by atoms with Gasteiger partial charge in [-0.05, 0) is 54.8 Å². The van der Waals surface area contributed by atoms with Gasteiger partial charge in [-0.15, -0.1) is 0 Å². The first-order valence-corrected chi connectivity index (χ1v) is 11.9. The van der Waals surface area contributed by atoms with Crippen molar-refractivity contribution in [2.45, 2.75) is 12.8 Å². The van der Waals surface area contributed by atoms with E-state index in [1.54, 1.807) is 0 Å². The molecule has 7 aromatic rings. The average molecular weight is 453 g/mol. The summed E-state index contributed by atoms with van der Waals surface area (Å²) < 4.78 is 14.1. The quantitative estimate of drug-likeness (QED) is 0.243. The number of rotatable bonds is 1.